The summed E-state index contributed by atoms with van der Waals surface area (Å²) in [5.41, 5.74) is 3.17. The summed E-state index contributed by atoms with van der Waals surface area (Å²) in [4.78, 5) is 41.8. The highest BCUT2D eigenvalue weighted by molar-refractivity contribution is 8.23. The van der Waals surface area contributed by atoms with Gasteiger partial charge in [0.25, 0.3) is 0 Å². The molecule has 0 bridgehead atoms. The summed E-state index contributed by atoms with van der Waals surface area (Å²) >= 11 is 18.5. The van der Waals surface area contributed by atoms with Crippen molar-refractivity contribution in [2.45, 2.75) is 13.0 Å². The highest BCUT2D eigenvalue weighted by Crippen LogP contribution is 2.31. The molecule has 0 saturated carbocycles. The van der Waals surface area contributed by atoms with Gasteiger partial charge in [0.15, 0.2) is 11.4 Å². The van der Waals surface area contributed by atoms with Crippen LogP contribution in [0.25, 0.3) is 16.5 Å². The Morgan fingerprint density at radius 1 is 1.21 bits per heavy atom. The molecule has 2 aromatic carbocycles. The van der Waals surface area contributed by atoms with Gasteiger partial charge in [0.2, 0.25) is 11.8 Å². The van der Waals surface area contributed by atoms with Crippen LogP contribution in [-0.2, 0) is 20.9 Å². The molecule has 3 amide bonds. The maximum atomic E-state index is 12.8. The van der Waals surface area contributed by atoms with Crippen LogP contribution >= 0.6 is 47.2 Å². The van der Waals surface area contributed by atoms with Crippen LogP contribution in [0.5, 0.6) is 0 Å². The van der Waals surface area contributed by atoms with Crippen molar-refractivity contribution in [3.05, 3.63) is 63.6 Å². The van der Waals surface area contributed by atoms with E-state index in [0.717, 1.165) is 11.1 Å². The van der Waals surface area contributed by atoms with Crippen LogP contribution in [0.1, 0.15) is 17.5 Å². The van der Waals surface area contributed by atoms with Gasteiger partial charge in [0.05, 0.1) is 11.1 Å². The maximum Gasteiger partial charge on any atom is 0.415 e. The van der Waals surface area contributed by atoms with Crippen molar-refractivity contribution < 1.29 is 23.6 Å². The second-order valence-corrected chi connectivity index (χ2v) is 11.4. The zero-order chi connectivity index (χ0) is 27.7. The Bertz CT molecular complexity index is 1490. The summed E-state index contributed by atoms with van der Waals surface area (Å²) in [7, 11) is 1.55. The average Bonchev–Trinajstić information content (AvgIpc) is 3.48. The molecule has 39 heavy (non-hydrogen) atoms. The van der Waals surface area contributed by atoms with Gasteiger partial charge in [-0.1, -0.05) is 64.5 Å². The lowest BCUT2D eigenvalue weighted by molar-refractivity contribution is -0.135. The Hall–Kier alpha value is -3.12. The number of carbonyl (C=O) groups excluding carboxylic acids is 3. The van der Waals surface area contributed by atoms with Crippen molar-refractivity contribution in [2.75, 3.05) is 37.3 Å². The van der Waals surface area contributed by atoms with Crippen LogP contribution in [0, 0.1) is 0 Å². The molecular formula is C26H22Cl2N4O5S2. The standard InChI is InChI=1S/C26H22Cl2N4O5S2/c1-30(25(35)36-13-15-8-18(27)11-19(28)9-15)24-20-10-17(2-3-21(20)37-29-24)16-4-6-31(7-5-16)22(33)12-32-23(34)14-39-26(32)38/h2-4,8-11H,5-7,12-14H2,1H3. The first kappa shape index (κ1) is 27.4. The molecule has 5 rings (SSSR count). The smallest absolute Gasteiger partial charge is 0.415 e. The molecule has 0 aliphatic carbocycles. The highest BCUT2D eigenvalue weighted by atomic mass is 35.5. The number of fused-ring (bicyclic) bond motifs is 1. The highest BCUT2D eigenvalue weighted by Gasteiger charge is 2.30. The van der Waals surface area contributed by atoms with Gasteiger partial charge >= 0.3 is 6.09 Å². The summed E-state index contributed by atoms with van der Waals surface area (Å²) < 4.78 is 11.3. The zero-order valence-electron chi connectivity index (χ0n) is 20.7. The largest absolute Gasteiger partial charge is 0.444 e. The van der Waals surface area contributed by atoms with Crippen LogP contribution in [0.2, 0.25) is 10.0 Å². The third-order valence-electron chi connectivity index (χ3n) is 6.39. The summed E-state index contributed by atoms with van der Waals surface area (Å²) in [6, 6.07) is 10.6. The van der Waals surface area contributed by atoms with Crippen molar-refractivity contribution in [3.8, 4) is 0 Å². The average molecular weight is 606 g/mol. The van der Waals surface area contributed by atoms with Crippen molar-refractivity contribution in [1.82, 2.24) is 15.0 Å². The van der Waals surface area contributed by atoms with Crippen molar-refractivity contribution >= 4 is 91.8 Å². The zero-order valence-corrected chi connectivity index (χ0v) is 23.8. The summed E-state index contributed by atoms with van der Waals surface area (Å²) in [5, 5.41) is 5.62. The molecule has 9 nitrogen and oxygen atoms in total. The molecule has 0 atom stereocenters. The van der Waals surface area contributed by atoms with Gasteiger partial charge in [-0.15, -0.1) is 0 Å². The van der Waals surface area contributed by atoms with E-state index in [-0.39, 0.29) is 30.7 Å². The fourth-order valence-electron chi connectivity index (χ4n) is 4.32. The normalized spacial score (nSPS) is 15.6. The molecule has 1 saturated heterocycles. The lowest BCUT2D eigenvalue weighted by Gasteiger charge is -2.28. The van der Waals surface area contributed by atoms with Crippen molar-refractivity contribution in [2.24, 2.45) is 0 Å². The summed E-state index contributed by atoms with van der Waals surface area (Å²) in [6.07, 6.45) is 2.00. The van der Waals surface area contributed by atoms with Crippen LogP contribution < -0.4 is 4.90 Å². The topological polar surface area (TPSA) is 96.2 Å². The van der Waals surface area contributed by atoms with E-state index in [2.05, 4.69) is 5.16 Å². The van der Waals surface area contributed by atoms with E-state index in [1.165, 1.54) is 21.6 Å². The number of nitrogens with zero attached hydrogens (tertiary/aromatic N) is 4. The molecule has 1 fully saturated rings. The Morgan fingerprint density at radius 2 is 1.97 bits per heavy atom. The number of aromatic nitrogens is 1. The molecule has 0 spiro atoms. The molecule has 0 N–H and O–H groups in total. The van der Waals surface area contributed by atoms with E-state index in [1.54, 1.807) is 36.2 Å². The number of benzene rings is 2. The van der Waals surface area contributed by atoms with Crippen LogP contribution in [0.15, 0.2) is 47.0 Å². The Kier molecular flexibility index (Phi) is 8.13. The third-order valence-corrected chi connectivity index (χ3v) is 8.26. The molecule has 13 heteroatoms. The molecule has 0 radical (unpaired) electrons. The van der Waals surface area contributed by atoms with Gasteiger partial charge in [-0.2, -0.15) is 0 Å². The maximum absolute atomic E-state index is 12.8. The van der Waals surface area contributed by atoms with E-state index in [1.807, 2.05) is 18.2 Å². The van der Waals surface area contributed by atoms with Crippen LogP contribution in [-0.4, -0.2) is 69.6 Å². The number of ether oxygens (including phenoxy) is 1. The minimum Gasteiger partial charge on any atom is -0.444 e. The number of hydrogen-bond donors (Lipinski definition) is 0. The lowest BCUT2D eigenvalue weighted by Crippen LogP contribution is -2.43. The number of halogens is 2. The number of carbonyl (C=O) groups is 3. The van der Waals surface area contributed by atoms with E-state index in [9.17, 15) is 14.4 Å². The summed E-state index contributed by atoms with van der Waals surface area (Å²) in [6.45, 7) is 0.894. The molecule has 3 heterocycles. The van der Waals surface area contributed by atoms with Crippen LogP contribution in [0.4, 0.5) is 10.6 Å². The molecule has 202 valence electrons. The van der Waals surface area contributed by atoms with Crippen LogP contribution in [0.3, 0.4) is 0 Å². The number of amides is 3. The first-order valence-corrected chi connectivity index (χ1v) is 14.0. The third kappa shape index (κ3) is 6.06. The molecule has 1 aromatic heterocycles. The predicted octanol–water partition coefficient (Wildman–Crippen LogP) is 5.38. The van der Waals surface area contributed by atoms with Crippen molar-refractivity contribution in [3.63, 3.8) is 0 Å². The van der Waals surface area contributed by atoms with Gasteiger partial charge in [0, 0.05) is 30.2 Å². The Morgan fingerprint density at radius 3 is 2.64 bits per heavy atom. The Balaban J connectivity index is 1.26. The molecular weight excluding hydrogens is 583 g/mol. The summed E-state index contributed by atoms with van der Waals surface area (Å²) in [5.74, 6) is 0.332. The van der Waals surface area contributed by atoms with Gasteiger partial charge in [-0.3, -0.25) is 19.4 Å². The molecule has 2 aliphatic rings. The van der Waals surface area contributed by atoms with E-state index < -0.39 is 6.09 Å². The minimum atomic E-state index is -0.618. The quantitative estimate of drug-likeness (QED) is 0.346. The Labute approximate surface area is 243 Å². The predicted molar refractivity (Wildman–Crippen MR) is 155 cm³/mol. The molecule has 2 aliphatic heterocycles. The van der Waals surface area contributed by atoms with Gasteiger partial charge < -0.3 is 14.2 Å². The minimum absolute atomic E-state index is 0.0108. The molecule has 3 aromatic rings. The van der Waals surface area contributed by atoms with Gasteiger partial charge in [0.1, 0.15) is 17.5 Å². The fraction of sp³-hybridized carbons (Fsp3) is 0.269. The monoisotopic (exact) mass is 604 g/mol. The number of thiocarbonyl (C=S) groups is 1. The second-order valence-electron chi connectivity index (χ2n) is 8.96. The first-order chi connectivity index (χ1) is 18.7. The molecule has 0 unspecified atom stereocenters. The lowest BCUT2D eigenvalue weighted by atomic mass is 9.98. The number of hydrogen-bond acceptors (Lipinski definition) is 8. The fourth-order valence-corrected chi connectivity index (χ4v) is 5.96. The van der Waals surface area contributed by atoms with E-state index in [4.69, 9.17) is 44.7 Å². The van der Waals surface area contributed by atoms with Gasteiger partial charge in [-0.25, -0.2) is 4.79 Å². The second kappa shape index (κ2) is 11.5. The van der Waals surface area contributed by atoms with E-state index >= 15 is 0 Å². The van der Waals surface area contributed by atoms with Crippen molar-refractivity contribution in [1.29, 1.82) is 0 Å². The SMILES string of the molecule is CN(C(=O)OCc1cc(Cl)cc(Cl)c1)c1noc2ccc(C3=CCN(C(=O)CN4C(=O)CSC4=S)CC3)cc12. The first-order valence-electron chi connectivity index (χ1n) is 11.9. The van der Waals surface area contributed by atoms with E-state index in [0.29, 0.717) is 56.2 Å². The van der Waals surface area contributed by atoms with Gasteiger partial charge in [-0.05, 0) is 53.5 Å². The number of thioether (sulfide) groups is 1. The number of anilines is 1. The number of rotatable bonds is 6.